The summed E-state index contributed by atoms with van der Waals surface area (Å²) in [5.74, 6) is -2.28. The Labute approximate surface area is 47.7 Å². The Morgan fingerprint density at radius 2 is 1.88 bits per heavy atom. The number of alkyl halides is 3. The van der Waals surface area contributed by atoms with Crippen LogP contribution in [0.4, 0.5) is 17.6 Å². The third kappa shape index (κ3) is 2.16. The second-order valence-corrected chi connectivity index (χ2v) is 1.43. The predicted octanol–water partition coefficient (Wildman–Crippen LogP) is 2.60. The maximum absolute atomic E-state index is 11.2. The molecule has 0 aromatic carbocycles. The monoisotopic (exact) mass is 148 g/mol. The highest BCUT2D eigenvalue weighted by Gasteiger charge is 2.31. The molecule has 5 heteroatoms. The van der Waals surface area contributed by atoms with E-state index in [1.807, 2.05) is 0 Å². The molecule has 48 valence electrons. The van der Waals surface area contributed by atoms with Crippen molar-refractivity contribution in [3.8, 4) is 0 Å². The number of rotatable bonds is 1. The van der Waals surface area contributed by atoms with Gasteiger partial charge in [-0.05, 0) is 11.6 Å². The molecular formula is C3HClF4. The van der Waals surface area contributed by atoms with Crippen LogP contribution in [0.2, 0.25) is 0 Å². The Balaban J connectivity index is 4.03. The predicted molar refractivity (Wildman–Crippen MR) is 21.1 cm³/mol. The van der Waals surface area contributed by atoms with Gasteiger partial charge in [-0.15, -0.1) is 0 Å². The Bertz CT molecular complexity index is 102. The second-order valence-electron chi connectivity index (χ2n) is 0.955. The van der Waals surface area contributed by atoms with Gasteiger partial charge in [-0.3, -0.25) is 0 Å². The van der Waals surface area contributed by atoms with Crippen molar-refractivity contribution in [1.82, 2.24) is 0 Å². The lowest BCUT2D eigenvalue weighted by Gasteiger charge is -1.99. The van der Waals surface area contributed by atoms with Crippen LogP contribution < -0.4 is 0 Å². The molecule has 0 unspecified atom stereocenters. The van der Waals surface area contributed by atoms with Crippen molar-refractivity contribution in [3.05, 3.63) is 12.2 Å². The average molecular weight is 148 g/mol. The van der Waals surface area contributed by atoms with Crippen molar-refractivity contribution >= 4 is 11.6 Å². The van der Waals surface area contributed by atoms with E-state index in [4.69, 9.17) is 0 Å². The van der Waals surface area contributed by atoms with Crippen molar-refractivity contribution in [3.63, 3.8) is 0 Å². The first kappa shape index (κ1) is 7.75. The van der Waals surface area contributed by atoms with E-state index in [1.165, 1.54) is 0 Å². The Morgan fingerprint density at radius 3 is 1.88 bits per heavy atom. The Morgan fingerprint density at radius 1 is 1.50 bits per heavy atom. The fourth-order valence-corrected chi connectivity index (χ4v) is 0.103. The summed E-state index contributed by atoms with van der Waals surface area (Å²) in [7, 11) is 0. The van der Waals surface area contributed by atoms with Crippen LogP contribution in [0, 0.1) is 0 Å². The largest absolute Gasteiger partial charge is 0.376 e. The van der Waals surface area contributed by atoms with Gasteiger partial charge in [0.15, 0.2) is 0 Å². The van der Waals surface area contributed by atoms with Gasteiger partial charge in [-0.1, -0.05) is 0 Å². The van der Waals surface area contributed by atoms with Gasteiger partial charge < -0.3 is 0 Å². The lowest BCUT2D eigenvalue weighted by atomic mass is 10.6. The quantitative estimate of drug-likeness (QED) is 0.396. The first-order valence-electron chi connectivity index (χ1n) is 1.51. The number of hydrogen-bond donors (Lipinski definition) is 0. The zero-order chi connectivity index (χ0) is 6.78. The number of halogens is 5. The van der Waals surface area contributed by atoms with E-state index in [0.29, 0.717) is 0 Å². The van der Waals surface area contributed by atoms with Crippen molar-refractivity contribution in [2.45, 2.75) is 5.38 Å². The summed E-state index contributed by atoms with van der Waals surface area (Å²) in [5.41, 5.74) is 0. The van der Waals surface area contributed by atoms with E-state index in [1.54, 1.807) is 0 Å². The highest BCUT2D eigenvalue weighted by Crippen LogP contribution is 2.29. The molecule has 0 radical (unpaired) electrons. The summed E-state index contributed by atoms with van der Waals surface area (Å²) in [6.07, 6.45) is -0.882. The zero-order valence-corrected chi connectivity index (χ0v) is 4.22. The van der Waals surface area contributed by atoms with E-state index in [0.717, 1.165) is 0 Å². The summed E-state index contributed by atoms with van der Waals surface area (Å²) in [6, 6.07) is 0. The summed E-state index contributed by atoms with van der Waals surface area (Å²) in [6.45, 7) is 0. The van der Waals surface area contributed by atoms with Crippen molar-refractivity contribution in [2.75, 3.05) is 0 Å². The smallest absolute Gasteiger partial charge is 0.212 e. The van der Waals surface area contributed by atoms with Crippen molar-refractivity contribution in [2.24, 2.45) is 0 Å². The van der Waals surface area contributed by atoms with Gasteiger partial charge in [-0.2, -0.15) is 8.78 Å². The molecule has 0 aliphatic heterocycles. The minimum atomic E-state index is -4.20. The second kappa shape index (κ2) is 2.35. The summed E-state index contributed by atoms with van der Waals surface area (Å²) in [5, 5.41) is -4.20. The van der Waals surface area contributed by atoms with Crippen LogP contribution in [0.5, 0.6) is 0 Å². The van der Waals surface area contributed by atoms with Crippen LogP contribution in [0.25, 0.3) is 0 Å². The molecule has 8 heavy (non-hydrogen) atoms. The minimum Gasteiger partial charge on any atom is -0.212 e. The molecule has 0 saturated carbocycles. The van der Waals surface area contributed by atoms with Crippen LogP contribution in [0.1, 0.15) is 0 Å². The molecular weight excluding hydrogens is 147 g/mol. The number of hydrogen-bond acceptors (Lipinski definition) is 0. The molecule has 0 fully saturated rings. The molecule has 0 aliphatic carbocycles. The Hall–Kier alpha value is -0.250. The summed E-state index contributed by atoms with van der Waals surface area (Å²) in [4.78, 5) is 0. The van der Waals surface area contributed by atoms with Crippen LogP contribution in [-0.2, 0) is 0 Å². The molecule has 0 aromatic rings. The third-order valence-electron chi connectivity index (χ3n) is 0.367. The lowest BCUT2D eigenvalue weighted by molar-refractivity contribution is 0.107. The summed E-state index contributed by atoms with van der Waals surface area (Å²) < 4.78 is 44.4. The fourth-order valence-electron chi connectivity index (χ4n) is 0.0619. The van der Waals surface area contributed by atoms with Gasteiger partial charge in [-0.25, -0.2) is 8.78 Å². The van der Waals surface area contributed by atoms with Gasteiger partial charge in [0.05, 0.1) is 0 Å². The van der Waals surface area contributed by atoms with Gasteiger partial charge >= 0.3 is 5.38 Å². The topological polar surface area (TPSA) is 0 Å². The van der Waals surface area contributed by atoms with E-state index in [-0.39, 0.29) is 0 Å². The molecule has 0 nitrogen and oxygen atoms in total. The van der Waals surface area contributed by atoms with Gasteiger partial charge in [0.25, 0.3) is 0 Å². The molecule has 0 amide bonds. The van der Waals surface area contributed by atoms with Crippen LogP contribution in [-0.4, -0.2) is 5.38 Å². The highest BCUT2D eigenvalue weighted by atomic mass is 35.5. The van der Waals surface area contributed by atoms with E-state index in [2.05, 4.69) is 11.6 Å². The molecule has 0 heterocycles. The maximum atomic E-state index is 11.2. The normalized spacial score (nSPS) is 14.4. The van der Waals surface area contributed by atoms with E-state index >= 15 is 0 Å². The molecule has 0 rings (SSSR count). The average Bonchev–Trinajstić information content (AvgIpc) is 1.62. The fraction of sp³-hybridized carbons (Fsp3) is 0.333. The van der Waals surface area contributed by atoms with E-state index < -0.39 is 17.5 Å². The van der Waals surface area contributed by atoms with Crippen molar-refractivity contribution in [1.29, 1.82) is 0 Å². The van der Waals surface area contributed by atoms with Crippen LogP contribution in [0.3, 0.4) is 0 Å². The molecule has 0 aromatic heterocycles. The maximum Gasteiger partial charge on any atom is 0.376 e. The first-order chi connectivity index (χ1) is 3.48. The molecule has 0 bridgehead atoms. The molecule has 0 N–H and O–H groups in total. The number of allylic oxidation sites excluding steroid dienone is 1. The highest BCUT2D eigenvalue weighted by molar-refractivity contribution is 6.23. The van der Waals surface area contributed by atoms with Crippen molar-refractivity contribution < 1.29 is 17.6 Å². The standard InChI is InChI=1S/C3HClF4/c4-3(7,8)2(6)1-5/h1H. The van der Waals surface area contributed by atoms with Gasteiger partial charge in [0.1, 0.15) is 6.33 Å². The first-order valence-corrected chi connectivity index (χ1v) is 1.89. The molecule has 0 atom stereocenters. The molecule has 0 saturated heterocycles. The summed E-state index contributed by atoms with van der Waals surface area (Å²) >= 11 is 3.97. The Kier molecular flexibility index (Phi) is 2.27. The molecule has 0 aliphatic rings. The van der Waals surface area contributed by atoms with Crippen LogP contribution in [0.15, 0.2) is 12.2 Å². The van der Waals surface area contributed by atoms with Gasteiger partial charge in [0.2, 0.25) is 5.83 Å². The SMILES string of the molecule is FC=C(F)C(F)(F)Cl. The third-order valence-corrected chi connectivity index (χ3v) is 0.547. The van der Waals surface area contributed by atoms with E-state index in [9.17, 15) is 17.6 Å². The van der Waals surface area contributed by atoms with Gasteiger partial charge in [0, 0.05) is 0 Å². The van der Waals surface area contributed by atoms with Crippen LogP contribution >= 0.6 is 11.6 Å². The lowest BCUT2D eigenvalue weighted by Crippen LogP contribution is -2.04. The zero-order valence-electron chi connectivity index (χ0n) is 3.47. The molecule has 0 spiro atoms. The minimum absolute atomic E-state index is 0.882.